The normalized spacial score (nSPS) is 12.3. The largest absolute Gasteiger partial charge is 0.370 e. The first-order chi connectivity index (χ1) is 9.12. The second kappa shape index (κ2) is 8.25. The molecule has 4 nitrogen and oxygen atoms in total. The molecule has 0 aliphatic heterocycles. The molecule has 5 heteroatoms. The number of hydrogen-bond donors (Lipinski definition) is 2. The predicted octanol–water partition coefficient (Wildman–Crippen LogP) is 3.33. The molecule has 0 amide bonds. The van der Waals surface area contributed by atoms with Crippen molar-refractivity contribution in [1.82, 2.24) is 9.97 Å². The summed E-state index contributed by atoms with van der Waals surface area (Å²) >= 11 is 1.88. The molecule has 0 radical (unpaired) electrons. The van der Waals surface area contributed by atoms with Crippen LogP contribution in [0.3, 0.4) is 0 Å². The molecule has 1 heterocycles. The van der Waals surface area contributed by atoms with Crippen LogP contribution in [0, 0.1) is 6.92 Å². The number of hydrogen-bond acceptors (Lipinski definition) is 5. The molecule has 0 saturated heterocycles. The lowest BCUT2D eigenvalue weighted by Crippen LogP contribution is -2.19. The molecular formula is C14H26N4S. The third kappa shape index (κ3) is 4.90. The molecule has 1 atom stereocenters. The first kappa shape index (κ1) is 16.1. The fourth-order valence-electron chi connectivity index (χ4n) is 1.80. The van der Waals surface area contributed by atoms with Gasteiger partial charge in [0, 0.05) is 24.6 Å². The van der Waals surface area contributed by atoms with Crippen molar-refractivity contribution >= 4 is 23.4 Å². The Morgan fingerprint density at radius 1 is 1.21 bits per heavy atom. The second-order valence-corrected chi connectivity index (χ2v) is 5.66. The Labute approximate surface area is 121 Å². The number of nitrogens with zero attached hydrogens (tertiary/aromatic N) is 2. The van der Waals surface area contributed by atoms with Crippen molar-refractivity contribution in [2.75, 3.05) is 29.2 Å². The van der Waals surface area contributed by atoms with Gasteiger partial charge in [-0.1, -0.05) is 6.92 Å². The van der Waals surface area contributed by atoms with Gasteiger partial charge in [0.1, 0.15) is 17.5 Å². The summed E-state index contributed by atoms with van der Waals surface area (Å²) in [5.74, 6) is 3.98. The van der Waals surface area contributed by atoms with Crippen molar-refractivity contribution in [2.45, 2.75) is 46.6 Å². The molecule has 0 spiro atoms. The van der Waals surface area contributed by atoms with Gasteiger partial charge in [0.2, 0.25) is 0 Å². The average molecular weight is 282 g/mol. The maximum Gasteiger partial charge on any atom is 0.134 e. The molecule has 0 saturated carbocycles. The third-order valence-electron chi connectivity index (χ3n) is 2.99. The number of aryl methyl sites for hydroxylation is 1. The highest BCUT2D eigenvalue weighted by Crippen LogP contribution is 2.21. The minimum absolute atomic E-state index is 0.431. The molecule has 2 N–H and O–H groups in total. The van der Waals surface area contributed by atoms with E-state index in [1.165, 1.54) is 5.75 Å². The topological polar surface area (TPSA) is 49.8 Å². The summed E-state index contributed by atoms with van der Waals surface area (Å²) in [6.45, 7) is 9.32. The van der Waals surface area contributed by atoms with Crippen LogP contribution in [0.25, 0.3) is 0 Å². The third-order valence-corrected chi connectivity index (χ3v) is 3.63. The Bertz CT molecular complexity index is 395. The molecular weight excluding hydrogens is 256 g/mol. The maximum absolute atomic E-state index is 4.61. The van der Waals surface area contributed by atoms with E-state index in [1.807, 2.05) is 11.8 Å². The van der Waals surface area contributed by atoms with Crippen molar-refractivity contribution in [1.29, 1.82) is 0 Å². The van der Waals surface area contributed by atoms with Gasteiger partial charge in [0.25, 0.3) is 0 Å². The highest BCUT2D eigenvalue weighted by Gasteiger charge is 2.11. The number of rotatable bonds is 8. The van der Waals surface area contributed by atoms with E-state index in [4.69, 9.17) is 0 Å². The Morgan fingerprint density at radius 3 is 2.47 bits per heavy atom. The van der Waals surface area contributed by atoms with E-state index in [0.717, 1.165) is 42.4 Å². The summed E-state index contributed by atoms with van der Waals surface area (Å²) in [4.78, 5) is 9.16. The molecule has 108 valence electrons. The van der Waals surface area contributed by atoms with E-state index in [1.54, 1.807) is 0 Å². The number of thioether (sulfide) groups is 1. The van der Waals surface area contributed by atoms with Gasteiger partial charge in [0.05, 0.1) is 0 Å². The van der Waals surface area contributed by atoms with E-state index in [-0.39, 0.29) is 0 Å². The molecule has 0 fully saturated rings. The zero-order valence-corrected chi connectivity index (χ0v) is 13.5. The Morgan fingerprint density at radius 2 is 1.89 bits per heavy atom. The van der Waals surface area contributed by atoms with E-state index in [2.05, 4.69) is 54.6 Å². The minimum Gasteiger partial charge on any atom is -0.370 e. The summed E-state index contributed by atoms with van der Waals surface area (Å²) in [6.07, 6.45) is 4.14. The molecule has 0 aliphatic rings. The van der Waals surface area contributed by atoms with Crippen LogP contribution < -0.4 is 10.6 Å². The van der Waals surface area contributed by atoms with Gasteiger partial charge < -0.3 is 10.6 Å². The van der Waals surface area contributed by atoms with Crippen LogP contribution in [-0.4, -0.2) is 34.6 Å². The lowest BCUT2D eigenvalue weighted by Gasteiger charge is -2.18. The van der Waals surface area contributed by atoms with Crippen LogP contribution in [0.4, 0.5) is 11.6 Å². The van der Waals surface area contributed by atoms with Gasteiger partial charge in [-0.25, -0.2) is 9.97 Å². The summed E-state index contributed by atoms with van der Waals surface area (Å²) < 4.78 is 0. The molecule has 0 aromatic carbocycles. The summed E-state index contributed by atoms with van der Waals surface area (Å²) in [7, 11) is 0. The van der Waals surface area contributed by atoms with Crippen LogP contribution in [0.15, 0.2) is 0 Å². The zero-order chi connectivity index (χ0) is 14.3. The summed E-state index contributed by atoms with van der Waals surface area (Å²) in [5, 5.41) is 6.83. The van der Waals surface area contributed by atoms with Crippen molar-refractivity contribution in [3.63, 3.8) is 0 Å². The molecule has 1 aromatic rings. The van der Waals surface area contributed by atoms with E-state index < -0.39 is 0 Å². The lowest BCUT2D eigenvalue weighted by molar-refractivity contribution is 0.761. The maximum atomic E-state index is 4.61. The lowest BCUT2D eigenvalue weighted by atomic mass is 10.2. The average Bonchev–Trinajstić information content (AvgIpc) is 2.41. The predicted molar refractivity (Wildman–Crippen MR) is 86.4 cm³/mol. The summed E-state index contributed by atoms with van der Waals surface area (Å²) in [6, 6.07) is 0.431. The van der Waals surface area contributed by atoms with Gasteiger partial charge in [-0.15, -0.1) is 0 Å². The number of aromatic nitrogens is 2. The zero-order valence-electron chi connectivity index (χ0n) is 12.7. The molecule has 1 rings (SSSR count). The van der Waals surface area contributed by atoms with Crippen LogP contribution in [0.2, 0.25) is 0 Å². The van der Waals surface area contributed by atoms with Gasteiger partial charge in [0.15, 0.2) is 0 Å². The highest BCUT2D eigenvalue weighted by atomic mass is 32.2. The molecule has 1 unspecified atom stereocenters. The van der Waals surface area contributed by atoms with Gasteiger partial charge in [-0.2, -0.15) is 11.8 Å². The highest BCUT2D eigenvalue weighted by molar-refractivity contribution is 7.98. The first-order valence-electron chi connectivity index (χ1n) is 6.99. The van der Waals surface area contributed by atoms with E-state index in [0.29, 0.717) is 6.04 Å². The van der Waals surface area contributed by atoms with E-state index >= 15 is 0 Å². The summed E-state index contributed by atoms with van der Waals surface area (Å²) in [5.41, 5.74) is 1.11. The van der Waals surface area contributed by atoms with Crippen molar-refractivity contribution in [3.05, 3.63) is 11.4 Å². The second-order valence-electron chi connectivity index (χ2n) is 4.67. The van der Waals surface area contributed by atoms with Crippen molar-refractivity contribution < 1.29 is 0 Å². The van der Waals surface area contributed by atoms with E-state index in [9.17, 15) is 0 Å². The van der Waals surface area contributed by atoms with Crippen LogP contribution in [0.1, 0.15) is 38.6 Å². The van der Waals surface area contributed by atoms with Crippen LogP contribution >= 0.6 is 11.8 Å². The number of anilines is 2. The SMILES string of the molecule is CCNc1nc(CC)nc(NC(C)CCSC)c1C. The molecule has 0 aliphatic carbocycles. The first-order valence-corrected chi connectivity index (χ1v) is 8.38. The smallest absolute Gasteiger partial charge is 0.134 e. The van der Waals surface area contributed by atoms with Gasteiger partial charge >= 0.3 is 0 Å². The molecule has 19 heavy (non-hydrogen) atoms. The minimum atomic E-state index is 0.431. The van der Waals surface area contributed by atoms with Crippen molar-refractivity contribution in [2.24, 2.45) is 0 Å². The number of nitrogens with one attached hydrogen (secondary N) is 2. The Hall–Kier alpha value is -0.970. The standard InChI is InChI=1S/C14H26N4S/c1-6-12-17-13(15-7-2)11(4)14(18-12)16-10(3)8-9-19-5/h10H,6-9H2,1-5H3,(H2,15,16,17,18). The van der Waals surface area contributed by atoms with Crippen LogP contribution in [-0.2, 0) is 6.42 Å². The van der Waals surface area contributed by atoms with Crippen LogP contribution in [0.5, 0.6) is 0 Å². The molecule has 0 bridgehead atoms. The monoisotopic (exact) mass is 282 g/mol. The fraction of sp³-hybridized carbons (Fsp3) is 0.714. The van der Waals surface area contributed by atoms with Crippen molar-refractivity contribution in [3.8, 4) is 0 Å². The fourth-order valence-corrected chi connectivity index (χ4v) is 2.39. The quantitative estimate of drug-likeness (QED) is 0.766. The Balaban J connectivity index is 2.88. The Kier molecular flexibility index (Phi) is 6.99. The van der Waals surface area contributed by atoms with Gasteiger partial charge in [-0.3, -0.25) is 0 Å². The molecule has 1 aromatic heterocycles. The van der Waals surface area contributed by atoms with Gasteiger partial charge in [-0.05, 0) is 39.2 Å².